The van der Waals surface area contributed by atoms with E-state index < -0.39 is 15.8 Å². The van der Waals surface area contributed by atoms with Crippen LogP contribution >= 0.6 is 0 Å². The minimum absolute atomic E-state index is 0.126. The van der Waals surface area contributed by atoms with Crippen molar-refractivity contribution in [3.63, 3.8) is 0 Å². The highest BCUT2D eigenvalue weighted by Crippen LogP contribution is 2.22. The number of hydrogen-bond acceptors (Lipinski definition) is 3. The molecule has 2 rings (SSSR count). The second kappa shape index (κ2) is 4.66. The Labute approximate surface area is 104 Å². The summed E-state index contributed by atoms with van der Waals surface area (Å²) >= 11 is 0. The van der Waals surface area contributed by atoms with Crippen LogP contribution in [0.25, 0.3) is 0 Å². The van der Waals surface area contributed by atoms with Gasteiger partial charge >= 0.3 is 0 Å². The van der Waals surface area contributed by atoms with Crippen molar-refractivity contribution in [2.45, 2.75) is 4.90 Å². The van der Waals surface area contributed by atoms with Gasteiger partial charge in [0.15, 0.2) is 0 Å². The fourth-order valence-electron chi connectivity index (χ4n) is 1.48. The molecular formula is C12H11FN2O2S. The zero-order valence-corrected chi connectivity index (χ0v) is 10.1. The Hall–Kier alpha value is -2.08. The van der Waals surface area contributed by atoms with E-state index in [0.717, 1.165) is 18.2 Å². The van der Waals surface area contributed by atoms with Gasteiger partial charge in [-0.1, -0.05) is 18.2 Å². The molecule has 0 aliphatic carbocycles. The lowest BCUT2D eigenvalue weighted by Gasteiger charge is -2.09. The predicted octanol–water partition coefficient (Wildman–Crippen LogP) is 2.21. The molecule has 4 nitrogen and oxygen atoms in total. The Morgan fingerprint density at radius 3 is 2.33 bits per heavy atom. The molecule has 94 valence electrons. The van der Waals surface area contributed by atoms with Crippen LogP contribution in [0.5, 0.6) is 0 Å². The summed E-state index contributed by atoms with van der Waals surface area (Å²) in [5, 5.41) is 0. The number of nitrogen functional groups attached to an aromatic ring is 1. The number of rotatable bonds is 3. The van der Waals surface area contributed by atoms with Gasteiger partial charge in [0, 0.05) is 5.69 Å². The average molecular weight is 266 g/mol. The van der Waals surface area contributed by atoms with Crippen molar-refractivity contribution in [1.82, 2.24) is 0 Å². The van der Waals surface area contributed by atoms with Crippen LogP contribution in [0.15, 0.2) is 53.4 Å². The molecule has 0 aromatic heterocycles. The van der Waals surface area contributed by atoms with Crippen LogP contribution in [0.3, 0.4) is 0 Å². The Morgan fingerprint density at radius 1 is 1.06 bits per heavy atom. The predicted molar refractivity (Wildman–Crippen MR) is 68.1 cm³/mol. The van der Waals surface area contributed by atoms with E-state index in [1.54, 1.807) is 30.3 Å². The molecule has 0 aliphatic rings. The molecule has 3 N–H and O–H groups in total. The SMILES string of the molecule is Nc1cc(F)ccc1S(=O)(=O)Nc1ccccc1. The number of hydrogen-bond donors (Lipinski definition) is 2. The highest BCUT2D eigenvalue weighted by Gasteiger charge is 2.17. The molecule has 6 heteroatoms. The summed E-state index contributed by atoms with van der Waals surface area (Å²) < 4.78 is 39.3. The molecule has 0 saturated carbocycles. The lowest BCUT2D eigenvalue weighted by Crippen LogP contribution is -2.14. The standard InChI is InChI=1S/C12H11FN2O2S/c13-9-6-7-12(11(14)8-9)18(16,17)15-10-4-2-1-3-5-10/h1-8,15H,14H2. The summed E-state index contributed by atoms with van der Waals surface area (Å²) in [5.41, 5.74) is 5.79. The molecule has 0 unspecified atom stereocenters. The molecule has 0 bridgehead atoms. The summed E-state index contributed by atoms with van der Waals surface area (Å²) in [7, 11) is -3.80. The van der Waals surface area contributed by atoms with Crippen LogP contribution in [-0.2, 0) is 10.0 Å². The Kier molecular flexibility index (Phi) is 3.20. The summed E-state index contributed by atoms with van der Waals surface area (Å²) in [6, 6.07) is 11.5. The van der Waals surface area contributed by atoms with Crippen LogP contribution in [0.2, 0.25) is 0 Å². The molecule has 0 fully saturated rings. The summed E-state index contributed by atoms with van der Waals surface area (Å²) in [6.45, 7) is 0. The molecule has 18 heavy (non-hydrogen) atoms. The number of halogens is 1. The van der Waals surface area contributed by atoms with Gasteiger partial charge in [-0.3, -0.25) is 4.72 Å². The first-order valence-electron chi connectivity index (χ1n) is 5.12. The van der Waals surface area contributed by atoms with Gasteiger partial charge in [0.05, 0.1) is 5.69 Å². The third kappa shape index (κ3) is 2.60. The summed E-state index contributed by atoms with van der Waals surface area (Å²) in [6.07, 6.45) is 0. The van der Waals surface area contributed by atoms with Crippen molar-refractivity contribution in [2.24, 2.45) is 0 Å². The summed E-state index contributed by atoms with van der Waals surface area (Å²) in [5.74, 6) is -0.578. The molecule has 2 aromatic rings. The van der Waals surface area contributed by atoms with Crippen molar-refractivity contribution < 1.29 is 12.8 Å². The molecule has 0 saturated heterocycles. The van der Waals surface area contributed by atoms with Gasteiger partial charge in [-0.05, 0) is 30.3 Å². The zero-order chi connectivity index (χ0) is 13.2. The smallest absolute Gasteiger partial charge is 0.263 e. The molecule has 0 heterocycles. The van der Waals surface area contributed by atoms with Crippen LogP contribution in [0.4, 0.5) is 15.8 Å². The van der Waals surface area contributed by atoms with E-state index in [1.165, 1.54) is 0 Å². The quantitative estimate of drug-likeness (QED) is 0.837. The van der Waals surface area contributed by atoms with Crippen LogP contribution in [-0.4, -0.2) is 8.42 Å². The Bertz CT molecular complexity index is 657. The third-order valence-electron chi connectivity index (χ3n) is 2.29. The maximum absolute atomic E-state index is 12.9. The molecule has 0 atom stereocenters. The largest absolute Gasteiger partial charge is 0.398 e. The summed E-state index contributed by atoms with van der Waals surface area (Å²) in [4.78, 5) is -0.146. The molecule has 0 radical (unpaired) electrons. The maximum Gasteiger partial charge on any atom is 0.263 e. The third-order valence-corrected chi connectivity index (χ3v) is 3.74. The van der Waals surface area contributed by atoms with Gasteiger partial charge in [0.1, 0.15) is 10.7 Å². The van der Waals surface area contributed by atoms with Crippen molar-refractivity contribution in [3.8, 4) is 0 Å². The van der Waals surface area contributed by atoms with Crippen LogP contribution in [0.1, 0.15) is 0 Å². The highest BCUT2D eigenvalue weighted by molar-refractivity contribution is 7.92. The Balaban J connectivity index is 2.37. The van der Waals surface area contributed by atoms with Gasteiger partial charge in [0.2, 0.25) is 0 Å². The van der Waals surface area contributed by atoms with Gasteiger partial charge in [-0.15, -0.1) is 0 Å². The van der Waals surface area contributed by atoms with Crippen molar-refractivity contribution >= 4 is 21.4 Å². The second-order valence-corrected chi connectivity index (χ2v) is 5.30. The van der Waals surface area contributed by atoms with Gasteiger partial charge in [-0.2, -0.15) is 0 Å². The first kappa shape index (κ1) is 12.4. The number of nitrogens with two attached hydrogens (primary N) is 1. The number of sulfonamides is 1. The van der Waals surface area contributed by atoms with E-state index >= 15 is 0 Å². The highest BCUT2D eigenvalue weighted by atomic mass is 32.2. The first-order chi connectivity index (χ1) is 8.49. The first-order valence-corrected chi connectivity index (χ1v) is 6.60. The molecular weight excluding hydrogens is 255 g/mol. The molecule has 0 amide bonds. The molecule has 0 spiro atoms. The topological polar surface area (TPSA) is 72.2 Å². The van der Waals surface area contributed by atoms with E-state index in [2.05, 4.69) is 4.72 Å². The number of benzene rings is 2. The fourth-order valence-corrected chi connectivity index (χ4v) is 2.65. The lowest BCUT2D eigenvalue weighted by molar-refractivity contribution is 0.600. The maximum atomic E-state index is 12.9. The van der Waals surface area contributed by atoms with E-state index in [4.69, 9.17) is 5.73 Å². The fraction of sp³-hybridized carbons (Fsp3) is 0. The normalized spacial score (nSPS) is 11.2. The van der Waals surface area contributed by atoms with Gasteiger partial charge < -0.3 is 5.73 Å². The lowest BCUT2D eigenvalue weighted by atomic mass is 10.3. The average Bonchev–Trinajstić information content (AvgIpc) is 2.29. The van der Waals surface area contributed by atoms with E-state index in [0.29, 0.717) is 5.69 Å². The van der Waals surface area contributed by atoms with Crippen LogP contribution in [0, 0.1) is 5.82 Å². The Morgan fingerprint density at radius 2 is 1.72 bits per heavy atom. The van der Waals surface area contributed by atoms with Gasteiger partial charge in [-0.25, -0.2) is 12.8 Å². The van der Waals surface area contributed by atoms with Gasteiger partial charge in [0.25, 0.3) is 10.0 Å². The van der Waals surface area contributed by atoms with E-state index in [-0.39, 0.29) is 10.6 Å². The number of para-hydroxylation sites is 1. The van der Waals surface area contributed by atoms with Crippen molar-refractivity contribution in [1.29, 1.82) is 0 Å². The molecule has 2 aromatic carbocycles. The molecule has 0 aliphatic heterocycles. The van der Waals surface area contributed by atoms with E-state index in [9.17, 15) is 12.8 Å². The monoisotopic (exact) mass is 266 g/mol. The van der Waals surface area contributed by atoms with E-state index in [1.807, 2.05) is 0 Å². The van der Waals surface area contributed by atoms with Crippen molar-refractivity contribution in [3.05, 3.63) is 54.3 Å². The number of nitrogens with one attached hydrogen (secondary N) is 1. The minimum Gasteiger partial charge on any atom is -0.398 e. The second-order valence-electron chi connectivity index (χ2n) is 3.65. The zero-order valence-electron chi connectivity index (χ0n) is 9.30. The number of anilines is 2. The van der Waals surface area contributed by atoms with Crippen molar-refractivity contribution in [2.75, 3.05) is 10.5 Å². The van der Waals surface area contributed by atoms with Crippen LogP contribution < -0.4 is 10.5 Å². The minimum atomic E-state index is -3.80.